The van der Waals surface area contributed by atoms with Crippen LogP contribution in [0, 0.1) is 0 Å². The number of carbonyl (C=O) groups is 1. The van der Waals surface area contributed by atoms with Crippen LogP contribution in [0.15, 0.2) is 0 Å². The maximum atomic E-state index is 11.3. The smallest absolute Gasteiger partial charge is 0.246 e. The number of nitrogens with one attached hydrogen (secondary N) is 1. The number of amides is 1. The van der Waals surface area contributed by atoms with Crippen molar-refractivity contribution in [2.45, 2.75) is 52.7 Å². The van der Waals surface area contributed by atoms with Gasteiger partial charge in [-0.05, 0) is 41.5 Å². The van der Waals surface area contributed by atoms with E-state index in [1.807, 2.05) is 41.5 Å². The van der Waals surface area contributed by atoms with Crippen LogP contribution in [0.3, 0.4) is 0 Å². The third kappa shape index (κ3) is 11.5. The van der Waals surface area contributed by atoms with Gasteiger partial charge in [0, 0.05) is 5.54 Å². The summed E-state index contributed by atoms with van der Waals surface area (Å²) in [7, 11) is 0. The standard InChI is InChI=1S/C12H25NO3/c1-11(2,3)13-10(14)9-15-7-8-16-12(4,5)6/h7-9H2,1-6H3,(H,13,14). The third-order valence-electron chi connectivity index (χ3n) is 1.51. The maximum Gasteiger partial charge on any atom is 0.246 e. The average Bonchev–Trinajstić information content (AvgIpc) is 1.97. The molecule has 4 heteroatoms. The van der Waals surface area contributed by atoms with Crippen LogP contribution in [0.25, 0.3) is 0 Å². The van der Waals surface area contributed by atoms with E-state index in [9.17, 15) is 4.79 Å². The maximum absolute atomic E-state index is 11.3. The van der Waals surface area contributed by atoms with Gasteiger partial charge in [-0.25, -0.2) is 0 Å². The van der Waals surface area contributed by atoms with Crippen LogP contribution in [-0.2, 0) is 14.3 Å². The fourth-order valence-electron chi connectivity index (χ4n) is 1.03. The van der Waals surface area contributed by atoms with Gasteiger partial charge in [0.25, 0.3) is 0 Å². The van der Waals surface area contributed by atoms with E-state index in [1.165, 1.54) is 0 Å². The summed E-state index contributed by atoms with van der Waals surface area (Å²) in [5, 5.41) is 2.82. The van der Waals surface area contributed by atoms with Crippen molar-refractivity contribution in [3.8, 4) is 0 Å². The summed E-state index contributed by atoms with van der Waals surface area (Å²) in [6.07, 6.45) is 0. The molecule has 1 N–H and O–H groups in total. The number of ether oxygens (including phenoxy) is 2. The Balaban J connectivity index is 3.50. The molecule has 4 nitrogen and oxygen atoms in total. The minimum atomic E-state index is -0.206. The molecule has 0 bridgehead atoms. The zero-order chi connectivity index (χ0) is 12.8. The molecule has 0 saturated heterocycles. The van der Waals surface area contributed by atoms with Gasteiger partial charge in [-0.1, -0.05) is 0 Å². The summed E-state index contributed by atoms with van der Waals surface area (Å²) >= 11 is 0. The molecular weight excluding hydrogens is 206 g/mol. The lowest BCUT2D eigenvalue weighted by atomic mass is 10.1. The van der Waals surface area contributed by atoms with Crippen LogP contribution in [0.2, 0.25) is 0 Å². The predicted molar refractivity (Wildman–Crippen MR) is 64.4 cm³/mol. The van der Waals surface area contributed by atoms with Gasteiger partial charge in [0.05, 0.1) is 18.8 Å². The quantitative estimate of drug-likeness (QED) is 0.733. The molecule has 0 unspecified atom stereocenters. The molecule has 0 aromatic heterocycles. The van der Waals surface area contributed by atoms with E-state index in [4.69, 9.17) is 9.47 Å². The zero-order valence-corrected chi connectivity index (χ0v) is 11.3. The fraction of sp³-hybridized carbons (Fsp3) is 0.917. The predicted octanol–water partition coefficient (Wildman–Crippen LogP) is 1.73. The van der Waals surface area contributed by atoms with Crippen LogP contribution in [0.1, 0.15) is 41.5 Å². The molecule has 0 aliphatic heterocycles. The average molecular weight is 231 g/mol. The van der Waals surface area contributed by atoms with Crippen molar-refractivity contribution < 1.29 is 14.3 Å². The van der Waals surface area contributed by atoms with Crippen molar-refractivity contribution in [1.29, 1.82) is 0 Å². The molecule has 1 amide bonds. The summed E-state index contributed by atoms with van der Waals surface area (Å²) in [6.45, 7) is 12.8. The Hall–Kier alpha value is -0.610. The number of hydrogen-bond acceptors (Lipinski definition) is 3. The monoisotopic (exact) mass is 231 g/mol. The van der Waals surface area contributed by atoms with E-state index >= 15 is 0 Å². The lowest BCUT2D eigenvalue weighted by Crippen LogP contribution is -2.42. The summed E-state index contributed by atoms with van der Waals surface area (Å²) in [5.41, 5.74) is -0.362. The van der Waals surface area contributed by atoms with E-state index in [2.05, 4.69) is 5.32 Å². The summed E-state index contributed by atoms with van der Waals surface area (Å²) < 4.78 is 10.7. The molecule has 16 heavy (non-hydrogen) atoms. The molecule has 0 aromatic rings. The van der Waals surface area contributed by atoms with Crippen LogP contribution in [0.4, 0.5) is 0 Å². The van der Waals surface area contributed by atoms with Gasteiger partial charge < -0.3 is 14.8 Å². The molecule has 96 valence electrons. The highest BCUT2D eigenvalue weighted by atomic mass is 16.5. The van der Waals surface area contributed by atoms with E-state index in [0.717, 1.165) is 0 Å². The Morgan fingerprint density at radius 3 is 2.06 bits per heavy atom. The SMILES string of the molecule is CC(C)(C)NC(=O)COCCOC(C)(C)C. The highest BCUT2D eigenvalue weighted by molar-refractivity contribution is 5.77. The topological polar surface area (TPSA) is 47.6 Å². The van der Waals surface area contributed by atoms with E-state index in [1.54, 1.807) is 0 Å². The van der Waals surface area contributed by atoms with Crippen LogP contribution in [-0.4, -0.2) is 36.9 Å². The number of rotatable bonds is 5. The summed E-state index contributed by atoms with van der Waals surface area (Å²) in [6, 6.07) is 0. The second-order valence-electron chi connectivity index (χ2n) is 5.81. The Bertz CT molecular complexity index is 213. The normalized spacial score (nSPS) is 12.6. The molecule has 0 spiro atoms. The van der Waals surface area contributed by atoms with Crippen molar-refractivity contribution in [1.82, 2.24) is 5.32 Å². The molecule has 0 aliphatic rings. The van der Waals surface area contributed by atoms with Gasteiger partial charge >= 0.3 is 0 Å². The van der Waals surface area contributed by atoms with Gasteiger partial charge in [0.2, 0.25) is 5.91 Å². The van der Waals surface area contributed by atoms with Gasteiger partial charge in [-0.3, -0.25) is 4.79 Å². The minimum Gasteiger partial charge on any atom is -0.373 e. The van der Waals surface area contributed by atoms with E-state index < -0.39 is 0 Å². The lowest BCUT2D eigenvalue weighted by molar-refractivity contribution is -0.128. The fourth-order valence-corrected chi connectivity index (χ4v) is 1.03. The Kier molecular flexibility index (Phi) is 5.97. The van der Waals surface area contributed by atoms with Crippen molar-refractivity contribution in [3.05, 3.63) is 0 Å². The van der Waals surface area contributed by atoms with Gasteiger partial charge in [0.1, 0.15) is 6.61 Å². The largest absolute Gasteiger partial charge is 0.373 e. The molecule has 0 saturated carbocycles. The molecule has 0 fully saturated rings. The number of carbonyl (C=O) groups excluding carboxylic acids is 1. The highest BCUT2D eigenvalue weighted by Crippen LogP contribution is 2.05. The van der Waals surface area contributed by atoms with Crippen molar-refractivity contribution in [2.75, 3.05) is 19.8 Å². The molecule has 0 rings (SSSR count). The molecule has 0 atom stereocenters. The number of hydrogen-bond donors (Lipinski definition) is 1. The van der Waals surface area contributed by atoms with E-state index in [-0.39, 0.29) is 23.7 Å². The second-order valence-corrected chi connectivity index (χ2v) is 5.81. The van der Waals surface area contributed by atoms with Gasteiger partial charge in [0.15, 0.2) is 0 Å². The third-order valence-corrected chi connectivity index (χ3v) is 1.51. The highest BCUT2D eigenvalue weighted by Gasteiger charge is 2.13. The zero-order valence-electron chi connectivity index (χ0n) is 11.3. The van der Waals surface area contributed by atoms with Crippen LogP contribution >= 0.6 is 0 Å². The summed E-state index contributed by atoms with van der Waals surface area (Å²) in [4.78, 5) is 11.3. The van der Waals surface area contributed by atoms with Gasteiger partial charge in [-0.2, -0.15) is 0 Å². The molecule has 0 radical (unpaired) electrons. The van der Waals surface area contributed by atoms with Crippen LogP contribution < -0.4 is 5.32 Å². The van der Waals surface area contributed by atoms with Crippen LogP contribution in [0.5, 0.6) is 0 Å². The first-order chi connectivity index (χ1) is 7.10. The van der Waals surface area contributed by atoms with Crippen molar-refractivity contribution >= 4 is 5.91 Å². The molecule has 0 aliphatic carbocycles. The Labute approximate surface area is 98.7 Å². The first kappa shape index (κ1) is 15.4. The molecular formula is C12H25NO3. The second kappa shape index (κ2) is 6.21. The first-order valence-electron chi connectivity index (χ1n) is 5.63. The Morgan fingerprint density at radius 2 is 1.62 bits per heavy atom. The molecule has 0 aromatic carbocycles. The van der Waals surface area contributed by atoms with Crippen molar-refractivity contribution in [3.63, 3.8) is 0 Å². The minimum absolute atomic E-state index is 0.0881. The lowest BCUT2D eigenvalue weighted by Gasteiger charge is -2.21. The first-order valence-corrected chi connectivity index (χ1v) is 5.63. The molecule has 0 heterocycles. The van der Waals surface area contributed by atoms with Gasteiger partial charge in [-0.15, -0.1) is 0 Å². The summed E-state index contributed by atoms with van der Waals surface area (Å²) in [5.74, 6) is -0.0942. The Morgan fingerprint density at radius 1 is 1.06 bits per heavy atom. The van der Waals surface area contributed by atoms with Crippen molar-refractivity contribution in [2.24, 2.45) is 0 Å². The van der Waals surface area contributed by atoms with E-state index in [0.29, 0.717) is 13.2 Å².